The minimum absolute atomic E-state index is 0.685. The molecule has 3 aromatic rings. The van der Waals surface area contributed by atoms with Crippen LogP contribution < -0.4 is 5.73 Å². The number of hydrogen-bond acceptors (Lipinski definition) is 3. The predicted octanol–water partition coefficient (Wildman–Crippen LogP) is 3.39. The maximum Gasteiger partial charge on any atom is 0.169 e. The minimum atomic E-state index is 0.685. The lowest BCUT2D eigenvalue weighted by Crippen LogP contribution is -1.84. The first-order valence-corrected chi connectivity index (χ1v) is 5.46. The van der Waals surface area contributed by atoms with Gasteiger partial charge < -0.3 is 10.3 Å². The van der Waals surface area contributed by atoms with Crippen LogP contribution in [0.15, 0.2) is 47.0 Å². The average molecular weight is 224 g/mol. The van der Waals surface area contributed by atoms with Crippen LogP contribution in [0.3, 0.4) is 0 Å². The van der Waals surface area contributed by atoms with Gasteiger partial charge in [-0.05, 0) is 24.6 Å². The number of rotatable bonds is 1. The highest BCUT2D eigenvalue weighted by atomic mass is 16.5. The van der Waals surface area contributed by atoms with Crippen LogP contribution in [0.25, 0.3) is 22.2 Å². The number of nitrogens with two attached hydrogens (primary N) is 1. The first-order valence-electron chi connectivity index (χ1n) is 5.46. The molecule has 0 atom stereocenters. The van der Waals surface area contributed by atoms with E-state index in [1.807, 2.05) is 30.3 Å². The van der Waals surface area contributed by atoms with E-state index >= 15 is 0 Å². The lowest BCUT2D eigenvalue weighted by Gasteiger charge is -2.01. The van der Waals surface area contributed by atoms with E-state index in [1.54, 1.807) is 6.07 Å². The highest BCUT2D eigenvalue weighted by Crippen LogP contribution is 2.30. The van der Waals surface area contributed by atoms with Gasteiger partial charge in [-0.3, -0.25) is 0 Å². The van der Waals surface area contributed by atoms with Crippen molar-refractivity contribution < 1.29 is 4.52 Å². The fourth-order valence-corrected chi connectivity index (χ4v) is 1.99. The van der Waals surface area contributed by atoms with E-state index in [9.17, 15) is 0 Å². The van der Waals surface area contributed by atoms with Crippen LogP contribution in [0.5, 0.6) is 0 Å². The molecule has 0 amide bonds. The molecule has 3 nitrogen and oxygen atoms in total. The van der Waals surface area contributed by atoms with Gasteiger partial charge in [-0.25, -0.2) is 0 Å². The summed E-state index contributed by atoms with van der Waals surface area (Å²) < 4.78 is 5.31. The molecule has 0 aliphatic rings. The molecule has 3 heteroatoms. The summed E-state index contributed by atoms with van der Waals surface area (Å²) in [6, 6.07) is 13.7. The number of nitrogens with zero attached hydrogens (tertiary/aromatic N) is 1. The Morgan fingerprint density at radius 2 is 1.94 bits per heavy atom. The van der Waals surface area contributed by atoms with E-state index in [1.165, 1.54) is 5.56 Å². The van der Waals surface area contributed by atoms with Crippen molar-refractivity contribution in [2.75, 3.05) is 5.73 Å². The molecular weight excluding hydrogens is 212 g/mol. The molecule has 0 saturated heterocycles. The Kier molecular flexibility index (Phi) is 2.11. The first kappa shape index (κ1) is 9.90. The number of aromatic nitrogens is 1. The van der Waals surface area contributed by atoms with Crippen LogP contribution in [0.1, 0.15) is 5.56 Å². The van der Waals surface area contributed by atoms with Gasteiger partial charge in [0.2, 0.25) is 0 Å². The number of nitrogen functional groups attached to an aromatic ring is 1. The quantitative estimate of drug-likeness (QED) is 0.644. The molecule has 1 aromatic heterocycles. The summed E-state index contributed by atoms with van der Waals surface area (Å²) in [6.45, 7) is 2.06. The minimum Gasteiger partial charge on any atom is -0.399 e. The Morgan fingerprint density at radius 3 is 2.76 bits per heavy atom. The molecule has 17 heavy (non-hydrogen) atoms. The molecule has 0 radical (unpaired) electrons. The second kappa shape index (κ2) is 3.63. The third-order valence-electron chi connectivity index (χ3n) is 2.90. The van der Waals surface area contributed by atoms with Crippen molar-refractivity contribution >= 4 is 16.7 Å². The lowest BCUT2D eigenvalue weighted by atomic mass is 10.0. The van der Waals surface area contributed by atoms with Crippen molar-refractivity contribution in [2.24, 2.45) is 0 Å². The predicted molar refractivity (Wildman–Crippen MR) is 68.6 cm³/mol. The van der Waals surface area contributed by atoms with E-state index < -0.39 is 0 Å². The zero-order valence-corrected chi connectivity index (χ0v) is 9.47. The number of benzene rings is 2. The third-order valence-corrected chi connectivity index (χ3v) is 2.90. The Hall–Kier alpha value is -2.29. The van der Waals surface area contributed by atoms with E-state index in [0.717, 1.165) is 22.2 Å². The molecule has 0 unspecified atom stereocenters. The molecule has 0 spiro atoms. The summed E-state index contributed by atoms with van der Waals surface area (Å²) in [5.74, 6) is 0. The van der Waals surface area contributed by atoms with Crippen molar-refractivity contribution in [3.05, 3.63) is 48.0 Å². The molecule has 84 valence electrons. The normalized spacial score (nSPS) is 10.9. The second-order valence-corrected chi connectivity index (χ2v) is 4.10. The van der Waals surface area contributed by atoms with Gasteiger partial charge in [-0.1, -0.05) is 29.4 Å². The van der Waals surface area contributed by atoms with Gasteiger partial charge in [0, 0.05) is 22.7 Å². The van der Waals surface area contributed by atoms with Crippen molar-refractivity contribution in [2.45, 2.75) is 6.92 Å². The van der Waals surface area contributed by atoms with Gasteiger partial charge in [0.25, 0.3) is 0 Å². The van der Waals surface area contributed by atoms with Crippen molar-refractivity contribution in [1.82, 2.24) is 5.16 Å². The van der Waals surface area contributed by atoms with Gasteiger partial charge in [0.05, 0.1) is 0 Å². The maximum absolute atomic E-state index is 5.71. The summed E-state index contributed by atoms with van der Waals surface area (Å²) in [5.41, 5.74) is 10.3. The monoisotopic (exact) mass is 224 g/mol. The SMILES string of the molecule is Cc1ccccc1-c1noc2cc(N)ccc12. The third kappa shape index (κ3) is 1.56. The molecule has 0 saturated carbocycles. The van der Waals surface area contributed by atoms with E-state index in [4.69, 9.17) is 10.3 Å². The van der Waals surface area contributed by atoms with Gasteiger partial charge >= 0.3 is 0 Å². The second-order valence-electron chi connectivity index (χ2n) is 4.10. The molecule has 0 aliphatic heterocycles. The van der Waals surface area contributed by atoms with Crippen LogP contribution in [0.4, 0.5) is 5.69 Å². The maximum atomic E-state index is 5.71. The summed E-state index contributed by atoms with van der Waals surface area (Å²) in [4.78, 5) is 0. The highest BCUT2D eigenvalue weighted by Gasteiger charge is 2.11. The summed E-state index contributed by atoms with van der Waals surface area (Å²) in [5, 5.41) is 5.13. The average Bonchev–Trinajstić information content (AvgIpc) is 2.72. The number of hydrogen-bond donors (Lipinski definition) is 1. The van der Waals surface area contributed by atoms with Crippen LogP contribution >= 0.6 is 0 Å². The molecule has 3 rings (SSSR count). The first-order chi connectivity index (χ1) is 8.25. The van der Waals surface area contributed by atoms with Gasteiger partial charge in [0.1, 0.15) is 5.69 Å². The molecule has 0 fully saturated rings. The van der Waals surface area contributed by atoms with Crippen molar-refractivity contribution in [3.8, 4) is 11.3 Å². The summed E-state index contributed by atoms with van der Waals surface area (Å²) in [7, 11) is 0. The van der Waals surface area contributed by atoms with Crippen LogP contribution in [-0.4, -0.2) is 5.16 Å². The number of fused-ring (bicyclic) bond motifs is 1. The summed E-state index contributed by atoms with van der Waals surface area (Å²) in [6.07, 6.45) is 0. The molecule has 1 heterocycles. The van der Waals surface area contributed by atoms with Gasteiger partial charge in [0.15, 0.2) is 5.58 Å². The highest BCUT2D eigenvalue weighted by molar-refractivity contribution is 5.93. The lowest BCUT2D eigenvalue weighted by molar-refractivity contribution is 0.459. The Morgan fingerprint density at radius 1 is 1.12 bits per heavy atom. The Balaban J connectivity index is 2.29. The van der Waals surface area contributed by atoms with E-state index in [2.05, 4.69) is 18.1 Å². The van der Waals surface area contributed by atoms with Crippen LogP contribution in [0.2, 0.25) is 0 Å². The molecule has 0 aliphatic carbocycles. The van der Waals surface area contributed by atoms with Crippen molar-refractivity contribution in [3.63, 3.8) is 0 Å². The van der Waals surface area contributed by atoms with Gasteiger partial charge in [-0.15, -0.1) is 0 Å². The largest absolute Gasteiger partial charge is 0.399 e. The smallest absolute Gasteiger partial charge is 0.169 e. The number of aryl methyl sites for hydroxylation is 1. The van der Waals surface area contributed by atoms with E-state index in [-0.39, 0.29) is 0 Å². The molecule has 2 N–H and O–H groups in total. The zero-order valence-electron chi connectivity index (χ0n) is 9.47. The Labute approximate surface area is 98.8 Å². The molecule has 2 aromatic carbocycles. The van der Waals surface area contributed by atoms with Gasteiger partial charge in [-0.2, -0.15) is 0 Å². The Bertz CT molecular complexity index is 686. The van der Waals surface area contributed by atoms with Crippen molar-refractivity contribution in [1.29, 1.82) is 0 Å². The topological polar surface area (TPSA) is 52.0 Å². The van der Waals surface area contributed by atoms with Crippen LogP contribution in [0, 0.1) is 6.92 Å². The van der Waals surface area contributed by atoms with Crippen LogP contribution in [-0.2, 0) is 0 Å². The molecule has 0 bridgehead atoms. The number of anilines is 1. The van der Waals surface area contributed by atoms with E-state index in [0.29, 0.717) is 5.69 Å². The summed E-state index contributed by atoms with van der Waals surface area (Å²) >= 11 is 0. The fraction of sp³-hybridized carbons (Fsp3) is 0.0714. The fourth-order valence-electron chi connectivity index (χ4n) is 1.99. The zero-order chi connectivity index (χ0) is 11.8. The standard InChI is InChI=1S/C14H12N2O/c1-9-4-2-3-5-11(9)14-12-7-6-10(15)8-13(12)17-16-14/h2-8H,15H2,1H3. The molecular formula is C14H12N2O.